The number of benzene rings is 3. The first kappa shape index (κ1) is 23.7. The summed E-state index contributed by atoms with van der Waals surface area (Å²) >= 11 is 0. The number of nitrogens with zero attached hydrogens (tertiary/aromatic N) is 2. The lowest BCUT2D eigenvalue weighted by molar-refractivity contribution is -0.0498. The van der Waals surface area contributed by atoms with E-state index in [9.17, 15) is 26.7 Å². The first-order valence-corrected chi connectivity index (χ1v) is 10.0. The number of nitrogens with one attached hydrogen (secondary N) is 1. The van der Waals surface area contributed by atoms with E-state index in [1.165, 1.54) is 43.6 Å². The fourth-order valence-electron chi connectivity index (χ4n) is 3.29. The fraction of sp³-hybridized carbons (Fsp3) is 0.0833. The van der Waals surface area contributed by atoms with E-state index < -0.39 is 35.7 Å². The van der Waals surface area contributed by atoms with Crippen LogP contribution in [0.25, 0.3) is 16.9 Å². The summed E-state index contributed by atoms with van der Waals surface area (Å²) in [6.07, 6.45) is 1.17. The van der Waals surface area contributed by atoms with Gasteiger partial charge in [-0.05, 0) is 36.4 Å². The van der Waals surface area contributed by atoms with Crippen LogP contribution in [0.15, 0.2) is 66.9 Å². The average Bonchev–Trinajstić information content (AvgIpc) is 3.21. The average molecular weight is 489 g/mol. The lowest BCUT2D eigenvalue weighted by atomic mass is 10.1. The number of anilines is 1. The molecule has 11 heteroatoms. The van der Waals surface area contributed by atoms with E-state index in [2.05, 4.69) is 15.0 Å². The van der Waals surface area contributed by atoms with Crippen LogP contribution >= 0.6 is 0 Å². The van der Waals surface area contributed by atoms with Gasteiger partial charge in [0.2, 0.25) is 5.95 Å². The van der Waals surface area contributed by atoms with E-state index in [1.54, 1.807) is 6.07 Å². The molecule has 3 aromatic carbocycles. The minimum Gasteiger partial charge on any atom is -0.497 e. The zero-order valence-electron chi connectivity index (χ0n) is 17.9. The quantitative estimate of drug-likeness (QED) is 0.333. The molecule has 35 heavy (non-hydrogen) atoms. The summed E-state index contributed by atoms with van der Waals surface area (Å²) in [5.41, 5.74) is -0.542. The van der Waals surface area contributed by atoms with Crippen molar-refractivity contribution in [2.45, 2.75) is 6.61 Å². The van der Waals surface area contributed by atoms with Crippen LogP contribution in [0, 0.1) is 17.5 Å². The highest BCUT2D eigenvalue weighted by atomic mass is 19.3. The third-order valence-electron chi connectivity index (χ3n) is 4.89. The highest BCUT2D eigenvalue weighted by Gasteiger charge is 2.22. The van der Waals surface area contributed by atoms with E-state index in [0.29, 0.717) is 0 Å². The Bertz CT molecular complexity index is 1350. The van der Waals surface area contributed by atoms with Crippen molar-refractivity contribution in [3.63, 3.8) is 0 Å². The number of methoxy groups -OCH3 is 1. The van der Waals surface area contributed by atoms with Crippen LogP contribution in [-0.4, -0.2) is 29.2 Å². The van der Waals surface area contributed by atoms with Crippen LogP contribution in [-0.2, 0) is 0 Å². The maximum Gasteiger partial charge on any atom is 0.387 e. The van der Waals surface area contributed by atoms with Gasteiger partial charge in [-0.2, -0.15) is 8.78 Å². The lowest BCUT2D eigenvalue weighted by Crippen LogP contribution is -2.16. The van der Waals surface area contributed by atoms with Gasteiger partial charge in [0.15, 0.2) is 11.6 Å². The molecular formula is C24H16F5N3O3. The van der Waals surface area contributed by atoms with Crippen molar-refractivity contribution in [3.8, 4) is 28.4 Å². The molecule has 4 aromatic rings. The van der Waals surface area contributed by atoms with Crippen molar-refractivity contribution in [3.05, 3.63) is 89.9 Å². The maximum atomic E-state index is 14.8. The third-order valence-corrected chi connectivity index (χ3v) is 4.89. The molecule has 4 rings (SSSR count). The molecular weight excluding hydrogens is 473 g/mol. The molecule has 0 bridgehead atoms. The zero-order valence-corrected chi connectivity index (χ0v) is 17.9. The Balaban J connectivity index is 1.76. The summed E-state index contributed by atoms with van der Waals surface area (Å²) < 4.78 is 78.8. The third kappa shape index (κ3) is 5.08. The Labute approximate surface area is 195 Å². The van der Waals surface area contributed by atoms with Gasteiger partial charge in [0, 0.05) is 29.5 Å². The van der Waals surface area contributed by atoms with E-state index in [1.807, 2.05) is 0 Å². The number of aromatic nitrogens is 2. The van der Waals surface area contributed by atoms with Crippen molar-refractivity contribution in [2.24, 2.45) is 0 Å². The van der Waals surface area contributed by atoms with Crippen molar-refractivity contribution in [1.82, 2.24) is 9.55 Å². The molecule has 0 unspecified atom stereocenters. The molecule has 1 heterocycles. The number of alkyl halides is 2. The number of amides is 1. The van der Waals surface area contributed by atoms with Crippen molar-refractivity contribution < 1.29 is 36.2 Å². The van der Waals surface area contributed by atoms with E-state index in [-0.39, 0.29) is 34.3 Å². The standard InChI is InChI=1S/C24H16F5N3O3/c1-34-15-10-18(26)21(19(27)11-15)32-12-20(16-4-2-3-5-17(16)25)30-24(32)31-22(33)13-6-8-14(9-7-13)35-23(28)29/h2-12,23H,1H3,(H,30,31,33). The number of ether oxygens (including phenoxy) is 2. The normalized spacial score (nSPS) is 10.9. The number of carbonyl (C=O) groups excluding carboxylic acids is 1. The van der Waals surface area contributed by atoms with Gasteiger partial charge in [-0.1, -0.05) is 12.1 Å². The lowest BCUT2D eigenvalue weighted by Gasteiger charge is -2.12. The second-order valence-electron chi connectivity index (χ2n) is 7.10. The predicted octanol–water partition coefficient (Wildman–Crippen LogP) is 5.82. The Hall–Kier alpha value is -4.41. The molecule has 1 N–H and O–H groups in total. The molecule has 1 amide bonds. The van der Waals surface area contributed by atoms with Gasteiger partial charge in [-0.3, -0.25) is 14.7 Å². The van der Waals surface area contributed by atoms with Gasteiger partial charge in [-0.25, -0.2) is 18.2 Å². The van der Waals surface area contributed by atoms with Crippen LogP contribution in [0.5, 0.6) is 11.5 Å². The number of imidazole rings is 1. The topological polar surface area (TPSA) is 65.4 Å². The molecule has 180 valence electrons. The van der Waals surface area contributed by atoms with Crippen LogP contribution in [0.3, 0.4) is 0 Å². The van der Waals surface area contributed by atoms with Gasteiger partial charge < -0.3 is 9.47 Å². The van der Waals surface area contributed by atoms with Crippen LogP contribution in [0.1, 0.15) is 10.4 Å². The van der Waals surface area contributed by atoms with Crippen molar-refractivity contribution in [2.75, 3.05) is 12.4 Å². The molecule has 0 aliphatic heterocycles. The van der Waals surface area contributed by atoms with E-state index in [4.69, 9.17) is 4.74 Å². The molecule has 0 aliphatic rings. The zero-order chi connectivity index (χ0) is 25.1. The smallest absolute Gasteiger partial charge is 0.387 e. The summed E-state index contributed by atoms with van der Waals surface area (Å²) in [5.74, 6) is -4.01. The van der Waals surface area contributed by atoms with Gasteiger partial charge in [0.05, 0.1) is 12.8 Å². The molecule has 0 radical (unpaired) electrons. The maximum absolute atomic E-state index is 14.8. The number of halogens is 5. The second-order valence-corrected chi connectivity index (χ2v) is 7.10. The first-order valence-electron chi connectivity index (χ1n) is 10.0. The summed E-state index contributed by atoms with van der Waals surface area (Å²) in [6.45, 7) is -3.03. The second kappa shape index (κ2) is 9.84. The Morgan fingerprint density at radius 1 is 0.943 bits per heavy atom. The minimum absolute atomic E-state index is 0.00583. The fourth-order valence-corrected chi connectivity index (χ4v) is 3.29. The Morgan fingerprint density at radius 2 is 1.60 bits per heavy atom. The molecule has 0 atom stereocenters. The number of rotatable bonds is 7. The summed E-state index contributed by atoms with van der Waals surface area (Å²) in [7, 11) is 1.24. The molecule has 0 aliphatic carbocycles. The van der Waals surface area contributed by atoms with Gasteiger partial charge in [0.1, 0.15) is 23.0 Å². The highest BCUT2D eigenvalue weighted by molar-refractivity contribution is 6.03. The van der Waals surface area contributed by atoms with Gasteiger partial charge in [-0.15, -0.1) is 0 Å². The summed E-state index contributed by atoms with van der Waals surface area (Å²) in [4.78, 5) is 16.9. The first-order chi connectivity index (χ1) is 16.8. The molecule has 6 nitrogen and oxygen atoms in total. The molecule has 1 aromatic heterocycles. The van der Waals surface area contributed by atoms with Gasteiger partial charge >= 0.3 is 6.61 Å². The summed E-state index contributed by atoms with van der Waals surface area (Å²) in [5, 5.41) is 2.42. The SMILES string of the molecule is COc1cc(F)c(-n2cc(-c3ccccc3F)nc2NC(=O)c2ccc(OC(F)F)cc2)c(F)c1. The molecule has 0 saturated carbocycles. The number of hydrogen-bond acceptors (Lipinski definition) is 4. The monoisotopic (exact) mass is 489 g/mol. The number of hydrogen-bond donors (Lipinski definition) is 1. The largest absolute Gasteiger partial charge is 0.497 e. The summed E-state index contributed by atoms with van der Waals surface area (Å²) in [6, 6.07) is 12.2. The molecule has 0 fully saturated rings. The Morgan fingerprint density at radius 3 is 2.20 bits per heavy atom. The van der Waals surface area contributed by atoms with E-state index >= 15 is 0 Å². The van der Waals surface area contributed by atoms with E-state index in [0.717, 1.165) is 28.8 Å². The van der Waals surface area contributed by atoms with Crippen molar-refractivity contribution >= 4 is 11.9 Å². The van der Waals surface area contributed by atoms with Crippen LogP contribution in [0.2, 0.25) is 0 Å². The van der Waals surface area contributed by atoms with Gasteiger partial charge in [0.25, 0.3) is 5.91 Å². The Kier molecular flexibility index (Phi) is 6.67. The molecule has 0 spiro atoms. The highest BCUT2D eigenvalue weighted by Crippen LogP contribution is 2.31. The predicted molar refractivity (Wildman–Crippen MR) is 116 cm³/mol. The number of carbonyl (C=O) groups is 1. The van der Waals surface area contributed by atoms with Crippen LogP contribution in [0.4, 0.5) is 27.9 Å². The molecule has 0 saturated heterocycles. The van der Waals surface area contributed by atoms with Crippen LogP contribution < -0.4 is 14.8 Å². The van der Waals surface area contributed by atoms with Crippen molar-refractivity contribution in [1.29, 1.82) is 0 Å². The minimum atomic E-state index is -3.03.